The van der Waals surface area contributed by atoms with E-state index in [1.54, 1.807) is 0 Å². The molecule has 1 heterocycles. The van der Waals surface area contributed by atoms with Crippen LogP contribution in [0.1, 0.15) is 42.9 Å². The molecule has 0 fully saturated rings. The Morgan fingerprint density at radius 3 is 2.56 bits per heavy atom. The Hall–Kier alpha value is -0.870. The number of nitrogens with one attached hydrogen (secondary N) is 1. The van der Waals surface area contributed by atoms with Crippen LogP contribution in [0.2, 0.25) is 0 Å². The van der Waals surface area contributed by atoms with Crippen molar-refractivity contribution < 1.29 is 9.90 Å². The minimum Gasteiger partial charge on any atom is -0.392 e. The number of carbonyl (C=O) groups is 1. The topological polar surface area (TPSA) is 49.3 Å². The van der Waals surface area contributed by atoms with E-state index < -0.39 is 6.10 Å². The number of rotatable bonds is 5. The number of hydrogen-bond donors (Lipinski definition) is 2. The molecule has 1 amide bonds. The maximum atomic E-state index is 12.0. The Bertz CT molecular complexity index is 410. The molecule has 1 rings (SSSR count). The van der Waals surface area contributed by atoms with Crippen molar-refractivity contribution in [3.63, 3.8) is 0 Å². The highest BCUT2D eigenvalue weighted by atomic mass is 32.1. The molecular weight excluding hydrogens is 246 g/mol. The molecule has 1 aromatic heterocycles. The van der Waals surface area contributed by atoms with Gasteiger partial charge >= 0.3 is 0 Å². The number of aliphatic hydroxyl groups is 1. The van der Waals surface area contributed by atoms with Crippen molar-refractivity contribution in [2.45, 2.75) is 40.7 Å². The molecule has 4 heteroatoms. The van der Waals surface area contributed by atoms with Gasteiger partial charge in [0.1, 0.15) is 0 Å². The fraction of sp³-hybridized carbons (Fsp3) is 0.643. The van der Waals surface area contributed by atoms with Gasteiger partial charge in [-0.05, 0) is 29.9 Å². The molecule has 0 aromatic carbocycles. The van der Waals surface area contributed by atoms with Gasteiger partial charge in [-0.25, -0.2) is 0 Å². The first-order valence-electron chi connectivity index (χ1n) is 6.26. The van der Waals surface area contributed by atoms with Crippen LogP contribution in [-0.4, -0.2) is 23.7 Å². The van der Waals surface area contributed by atoms with E-state index in [1.807, 2.05) is 46.1 Å². The van der Waals surface area contributed by atoms with Gasteiger partial charge in [-0.3, -0.25) is 4.79 Å². The molecule has 0 aliphatic carbocycles. The van der Waals surface area contributed by atoms with E-state index in [4.69, 9.17) is 0 Å². The Kier molecular flexibility index (Phi) is 4.93. The zero-order valence-corrected chi connectivity index (χ0v) is 12.6. The monoisotopic (exact) mass is 269 g/mol. The first-order valence-corrected chi connectivity index (χ1v) is 7.14. The van der Waals surface area contributed by atoms with Crippen molar-refractivity contribution in [3.8, 4) is 0 Å². The van der Waals surface area contributed by atoms with Crippen molar-refractivity contribution in [3.05, 3.63) is 21.9 Å². The number of thiophene rings is 1. The Morgan fingerprint density at radius 1 is 1.50 bits per heavy atom. The summed E-state index contributed by atoms with van der Waals surface area (Å²) in [5.74, 6) is 0.131. The quantitative estimate of drug-likeness (QED) is 0.863. The fourth-order valence-electron chi connectivity index (χ4n) is 2.00. The van der Waals surface area contributed by atoms with E-state index in [-0.39, 0.29) is 17.2 Å². The Balaban J connectivity index is 2.60. The summed E-state index contributed by atoms with van der Waals surface area (Å²) in [5, 5.41) is 14.9. The largest absolute Gasteiger partial charge is 0.392 e. The van der Waals surface area contributed by atoms with E-state index >= 15 is 0 Å². The van der Waals surface area contributed by atoms with Gasteiger partial charge in [-0.15, -0.1) is 11.3 Å². The average molecular weight is 269 g/mol. The predicted molar refractivity (Wildman–Crippen MR) is 76.0 cm³/mol. The summed E-state index contributed by atoms with van der Waals surface area (Å²) in [6.45, 7) is 10.3. The van der Waals surface area contributed by atoms with E-state index in [2.05, 4.69) is 5.32 Å². The van der Waals surface area contributed by atoms with Crippen molar-refractivity contribution in [1.29, 1.82) is 0 Å². The molecule has 18 heavy (non-hydrogen) atoms. The van der Waals surface area contributed by atoms with Crippen LogP contribution < -0.4 is 5.32 Å². The number of aryl methyl sites for hydroxylation is 1. The third-order valence-corrected chi connectivity index (χ3v) is 4.22. The van der Waals surface area contributed by atoms with Crippen molar-refractivity contribution in [1.82, 2.24) is 5.32 Å². The molecule has 0 aliphatic rings. The van der Waals surface area contributed by atoms with Crippen LogP contribution in [0.5, 0.6) is 0 Å². The smallest absolute Gasteiger partial charge is 0.261 e. The SMILES string of the molecule is Cc1ccsc1C(=O)NCC(C)(C)C(O)C(C)C. The molecule has 1 atom stereocenters. The summed E-state index contributed by atoms with van der Waals surface area (Å²) < 4.78 is 0. The summed E-state index contributed by atoms with van der Waals surface area (Å²) in [5.41, 5.74) is 0.675. The van der Waals surface area contributed by atoms with Gasteiger partial charge in [0.2, 0.25) is 0 Å². The van der Waals surface area contributed by atoms with Gasteiger partial charge in [0.25, 0.3) is 5.91 Å². The van der Waals surface area contributed by atoms with Crippen LogP contribution in [0.3, 0.4) is 0 Å². The van der Waals surface area contributed by atoms with Crippen LogP contribution in [0.15, 0.2) is 11.4 Å². The van der Waals surface area contributed by atoms with Gasteiger partial charge in [-0.1, -0.05) is 27.7 Å². The maximum Gasteiger partial charge on any atom is 0.261 e. The average Bonchev–Trinajstić information content (AvgIpc) is 2.71. The molecule has 2 N–H and O–H groups in total. The lowest BCUT2D eigenvalue weighted by Crippen LogP contribution is -2.43. The lowest BCUT2D eigenvalue weighted by Gasteiger charge is -2.33. The van der Waals surface area contributed by atoms with Crippen molar-refractivity contribution in [2.75, 3.05) is 6.54 Å². The molecule has 1 unspecified atom stereocenters. The summed E-state index contributed by atoms with van der Waals surface area (Å²) in [7, 11) is 0. The molecule has 1 aromatic rings. The minimum atomic E-state index is -0.428. The Labute approximate surface area is 113 Å². The van der Waals surface area contributed by atoms with E-state index in [0.29, 0.717) is 6.54 Å². The van der Waals surface area contributed by atoms with Crippen LogP contribution in [0.25, 0.3) is 0 Å². The maximum absolute atomic E-state index is 12.0. The first-order chi connectivity index (χ1) is 8.25. The summed E-state index contributed by atoms with van der Waals surface area (Å²) in [4.78, 5) is 12.7. The molecule has 0 spiro atoms. The lowest BCUT2D eigenvalue weighted by atomic mass is 9.80. The van der Waals surface area contributed by atoms with Crippen molar-refractivity contribution >= 4 is 17.2 Å². The van der Waals surface area contributed by atoms with Crippen LogP contribution in [-0.2, 0) is 0 Å². The van der Waals surface area contributed by atoms with Gasteiger partial charge < -0.3 is 10.4 Å². The first kappa shape index (κ1) is 15.2. The Morgan fingerprint density at radius 2 is 2.11 bits per heavy atom. The van der Waals surface area contributed by atoms with Crippen LogP contribution in [0.4, 0.5) is 0 Å². The molecular formula is C14H23NO2S. The summed E-state index contributed by atoms with van der Waals surface area (Å²) >= 11 is 1.45. The molecule has 3 nitrogen and oxygen atoms in total. The predicted octanol–water partition coefficient (Wildman–Crippen LogP) is 2.83. The standard InChI is InChI=1S/C14H23NO2S/c1-9(2)12(16)14(4,5)8-15-13(17)11-10(3)6-7-18-11/h6-7,9,12,16H,8H2,1-5H3,(H,15,17). The second-order valence-electron chi connectivity index (χ2n) is 5.79. The second kappa shape index (κ2) is 5.85. The highest BCUT2D eigenvalue weighted by molar-refractivity contribution is 7.12. The molecule has 0 aliphatic heterocycles. The summed E-state index contributed by atoms with van der Waals surface area (Å²) in [6, 6.07) is 1.94. The molecule has 0 saturated heterocycles. The normalized spacial score (nSPS) is 13.7. The number of amides is 1. The zero-order valence-electron chi connectivity index (χ0n) is 11.8. The summed E-state index contributed by atoms with van der Waals surface area (Å²) in [6.07, 6.45) is -0.428. The van der Waals surface area contributed by atoms with Gasteiger partial charge in [0.15, 0.2) is 0 Å². The van der Waals surface area contributed by atoms with Crippen molar-refractivity contribution in [2.24, 2.45) is 11.3 Å². The number of carbonyl (C=O) groups excluding carboxylic acids is 1. The highest BCUT2D eigenvalue weighted by Gasteiger charge is 2.30. The fourth-order valence-corrected chi connectivity index (χ4v) is 2.84. The van der Waals surface area contributed by atoms with Gasteiger partial charge in [0.05, 0.1) is 11.0 Å². The molecule has 0 radical (unpaired) electrons. The van der Waals surface area contributed by atoms with Gasteiger partial charge in [0, 0.05) is 12.0 Å². The zero-order chi connectivity index (χ0) is 13.9. The number of aliphatic hydroxyl groups excluding tert-OH is 1. The lowest BCUT2D eigenvalue weighted by molar-refractivity contribution is 0.0138. The highest BCUT2D eigenvalue weighted by Crippen LogP contribution is 2.25. The minimum absolute atomic E-state index is 0.0495. The third-order valence-electron chi connectivity index (χ3n) is 3.21. The molecule has 0 bridgehead atoms. The second-order valence-corrected chi connectivity index (χ2v) is 6.71. The van der Waals surface area contributed by atoms with E-state index in [9.17, 15) is 9.90 Å². The molecule has 102 valence electrons. The third kappa shape index (κ3) is 3.56. The van der Waals surface area contributed by atoms with E-state index in [1.165, 1.54) is 11.3 Å². The van der Waals surface area contributed by atoms with Crippen LogP contribution >= 0.6 is 11.3 Å². The van der Waals surface area contributed by atoms with Crippen LogP contribution in [0, 0.1) is 18.3 Å². The van der Waals surface area contributed by atoms with E-state index in [0.717, 1.165) is 10.4 Å². The molecule has 0 saturated carbocycles. The number of hydrogen-bond acceptors (Lipinski definition) is 3. The van der Waals surface area contributed by atoms with Gasteiger partial charge in [-0.2, -0.15) is 0 Å².